The second-order valence-corrected chi connectivity index (χ2v) is 8.70. The van der Waals surface area contributed by atoms with E-state index in [0.29, 0.717) is 11.3 Å². The lowest BCUT2D eigenvalue weighted by atomic mass is 10.1. The predicted molar refractivity (Wildman–Crippen MR) is 135 cm³/mol. The van der Waals surface area contributed by atoms with Crippen LogP contribution in [0.25, 0.3) is 11.3 Å². The molecule has 0 aliphatic carbocycles. The first-order chi connectivity index (χ1) is 17.5. The molecule has 1 aliphatic heterocycles. The average molecular weight is 485 g/mol. The minimum Gasteiger partial charge on any atom is -0.355 e. The maximum atomic E-state index is 13.5. The number of rotatable bonds is 6. The zero-order valence-electron chi connectivity index (χ0n) is 19.6. The van der Waals surface area contributed by atoms with Crippen LogP contribution >= 0.6 is 0 Å². The second kappa shape index (κ2) is 10.5. The Morgan fingerprint density at radius 1 is 0.917 bits per heavy atom. The molecule has 1 saturated heterocycles. The van der Waals surface area contributed by atoms with Gasteiger partial charge < -0.3 is 10.2 Å². The van der Waals surface area contributed by atoms with Crippen LogP contribution in [-0.4, -0.2) is 39.0 Å². The first-order valence-corrected chi connectivity index (χ1v) is 11.9. The molecule has 4 aromatic rings. The highest BCUT2D eigenvalue weighted by Crippen LogP contribution is 2.22. The Labute approximate surface area is 207 Å². The van der Waals surface area contributed by atoms with Gasteiger partial charge in [-0.05, 0) is 67.3 Å². The van der Waals surface area contributed by atoms with Crippen molar-refractivity contribution in [2.75, 3.05) is 23.3 Å². The molecule has 36 heavy (non-hydrogen) atoms. The van der Waals surface area contributed by atoms with E-state index in [1.165, 1.54) is 43.5 Å². The van der Waals surface area contributed by atoms with Crippen LogP contribution in [0.1, 0.15) is 35.3 Å². The molecule has 2 aromatic heterocycles. The maximum absolute atomic E-state index is 13.5. The van der Waals surface area contributed by atoms with E-state index in [1.807, 2.05) is 24.3 Å². The van der Waals surface area contributed by atoms with Crippen molar-refractivity contribution in [3.8, 4) is 11.3 Å². The maximum Gasteiger partial charge on any atom is 0.276 e. The first kappa shape index (κ1) is 23.3. The molecule has 182 valence electrons. The van der Waals surface area contributed by atoms with Gasteiger partial charge in [0.25, 0.3) is 11.5 Å². The molecule has 0 atom stereocenters. The number of anilines is 2. The molecule has 1 aliphatic rings. The Hall–Kier alpha value is -4.40. The third-order valence-corrected chi connectivity index (χ3v) is 6.09. The largest absolute Gasteiger partial charge is 0.355 e. The molecule has 0 saturated carbocycles. The van der Waals surface area contributed by atoms with Gasteiger partial charge in [-0.15, -0.1) is 10.2 Å². The van der Waals surface area contributed by atoms with E-state index in [9.17, 15) is 14.0 Å². The van der Waals surface area contributed by atoms with Crippen LogP contribution in [0.15, 0.2) is 77.6 Å². The number of carbonyl (C=O) groups excluding carboxylic acids is 1. The topological polar surface area (TPSA) is 93.0 Å². The highest BCUT2D eigenvalue weighted by molar-refractivity contribution is 6.02. The molecule has 1 N–H and O–H groups in total. The lowest BCUT2D eigenvalue weighted by molar-refractivity contribution is 0.102. The summed E-state index contributed by atoms with van der Waals surface area (Å²) in [6.07, 6.45) is 3.63. The van der Waals surface area contributed by atoms with E-state index in [2.05, 4.69) is 25.5 Å². The standard InChI is InChI=1S/C27H25FN6O2/c28-21-6-4-5-19(17-21)18-34-26(35)14-12-24(32-34)27(36)29-22-9-7-20(8-10-22)23-11-13-25(31-30-23)33-15-2-1-3-16-33/h4-14,17H,1-3,15-16,18H2,(H,29,36). The monoisotopic (exact) mass is 484 g/mol. The normalized spacial score (nSPS) is 13.4. The number of amides is 1. The quantitative estimate of drug-likeness (QED) is 0.442. The van der Waals surface area contributed by atoms with Gasteiger partial charge in [-0.1, -0.05) is 24.3 Å². The SMILES string of the molecule is O=C(Nc1ccc(-c2ccc(N3CCCCC3)nn2)cc1)c1ccc(=O)n(Cc2cccc(F)c2)n1. The van der Waals surface area contributed by atoms with Crippen molar-refractivity contribution in [3.05, 3.63) is 100 Å². The van der Waals surface area contributed by atoms with Crippen LogP contribution in [0, 0.1) is 5.82 Å². The molecular weight excluding hydrogens is 459 g/mol. The molecule has 8 nitrogen and oxygen atoms in total. The van der Waals surface area contributed by atoms with Crippen molar-refractivity contribution in [1.82, 2.24) is 20.0 Å². The number of carbonyl (C=O) groups is 1. The minimum atomic E-state index is -0.457. The van der Waals surface area contributed by atoms with E-state index in [1.54, 1.807) is 24.3 Å². The Bertz CT molecular complexity index is 1410. The van der Waals surface area contributed by atoms with E-state index in [0.717, 1.165) is 34.8 Å². The fourth-order valence-corrected chi connectivity index (χ4v) is 4.18. The summed E-state index contributed by atoms with van der Waals surface area (Å²) in [7, 11) is 0. The summed E-state index contributed by atoms with van der Waals surface area (Å²) in [4.78, 5) is 27.2. The fraction of sp³-hybridized carbons (Fsp3) is 0.222. The highest BCUT2D eigenvalue weighted by atomic mass is 19.1. The molecule has 2 aromatic carbocycles. The fourth-order valence-electron chi connectivity index (χ4n) is 4.18. The predicted octanol–water partition coefficient (Wildman–Crippen LogP) is 4.13. The number of piperidine rings is 1. The van der Waals surface area contributed by atoms with Gasteiger partial charge in [0.2, 0.25) is 0 Å². The van der Waals surface area contributed by atoms with Crippen molar-refractivity contribution in [2.45, 2.75) is 25.8 Å². The lowest BCUT2D eigenvalue weighted by Gasteiger charge is -2.27. The van der Waals surface area contributed by atoms with Crippen molar-refractivity contribution in [2.24, 2.45) is 0 Å². The van der Waals surface area contributed by atoms with E-state index >= 15 is 0 Å². The number of hydrogen-bond donors (Lipinski definition) is 1. The van der Waals surface area contributed by atoms with Crippen LogP contribution in [-0.2, 0) is 6.54 Å². The van der Waals surface area contributed by atoms with Crippen molar-refractivity contribution in [3.63, 3.8) is 0 Å². The zero-order valence-corrected chi connectivity index (χ0v) is 19.6. The molecule has 0 unspecified atom stereocenters. The molecule has 1 fully saturated rings. The van der Waals surface area contributed by atoms with Crippen molar-refractivity contribution < 1.29 is 9.18 Å². The first-order valence-electron chi connectivity index (χ1n) is 11.9. The lowest BCUT2D eigenvalue weighted by Crippen LogP contribution is -2.30. The number of halogens is 1. The summed E-state index contributed by atoms with van der Waals surface area (Å²) in [5, 5.41) is 15.7. The summed E-state index contributed by atoms with van der Waals surface area (Å²) in [5.41, 5.74) is 2.48. The van der Waals surface area contributed by atoms with Gasteiger partial charge in [-0.25, -0.2) is 9.07 Å². The minimum absolute atomic E-state index is 0.0595. The zero-order chi connectivity index (χ0) is 24.9. The van der Waals surface area contributed by atoms with Crippen LogP contribution < -0.4 is 15.8 Å². The van der Waals surface area contributed by atoms with Crippen molar-refractivity contribution in [1.29, 1.82) is 0 Å². The smallest absolute Gasteiger partial charge is 0.276 e. The van der Waals surface area contributed by atoms with Gasteiger partial charge in [-0.3, -0.25) is 9.59 Å². The molecule has 5 rings (SSSR count). The third-order valence-electron chi connectivity index (χ3n) is 6.09. The summed E-state index contributed by atoms with van der Waals surface area (Å²) in [5.74, 6) is 0.0387. The molecule has 1 amide bonds. The van der Waals surface area contributed by atoms with Crippen LogP contribution in [0.2, 0.25) is 0 Å². The van der Waals surface area contributed by atoms with E-state index in [4.69, 9.17) is 0 Å². The summed E-state index contributed by atoms with van der Waals surface area (Å²) >= 11 is 0. The number of aromatic nitrogens is 4. The third kappa shape index (κ3) is 5.46. The molecular formula is C27H25FN6O2. The number of benzene rings is 2. The average Bonchev–Trinajstić information content (AvgIpc) is 2.91. The summed E-state index contributed by atoms with van der Waals surface area (Å²) in [6, 6.07) is 19.8. The van der Waals surface area contributed by atoms with Crippen LogP contribution in [0.4, 0.5) is 15.9 Å². The molecule has 0 spiro atoms. The second-order valence-electron chi connectivity index (χ2n) is 8.70. The van der Waals surface area contributed by atoms with Crippen molar-refractivity contribution >= 4 is 17.4 Å². The molecule has 0 radical (unpaired) electrons. The summed E-state index contributed by atoms with van der Waals surface area (Å²) < 4.78 is 14.6. The van der Waals surface area contributed by atoms with Crippen LogP contribution in [0.3, 0.4) is 0 Å². The molecule has 0 bridgehead atoms. The van der Waals surface area contributed by atoms with E-state index < -0.39 is 11.7 Å². The number of hydrogen-bond acceptors (Lipinski definition) is 6. The van der Waals surface area contributed by atoms with Gasteiger partial charge in [-0.2, -0.15) is 5.10 Å². The summed E-state index contributed by atoms with van der Waals surface area (Å²) in [6.45, 7) is 2.09. The number of nitrogens with zero attached hydrogens (tertiary/aromatic N) is 5. The Morgan fingerprint density at radius 2 is 1.72 bits per heavy atom. The number of nitrogens with one attached hydrogen (secondary N) is 1. The Balaban J connectivity index is 1.25. The van der Waals surface area contributed by atoms with E-state index in [-0.39, 0.29) is 17.8 Å². The highest BCUT2D eigenvalue weighted by Gasteiger charge is 2.14. The van der Waals surface area contributed by atoms with Gasteiger partial charge in [0.15, 0.2) is 5.82 Å². The molecule has 9 heteroatoms. The van der Waals surface area contributed by atoms with Gasteiger partial charge in [0, 0.05) is 30.4 Å². The van der Waals surface area contributed by atoms with Gasteiger partial charge in [0.05, 0.1) is 12.2 Å². The molecule has 3 heterocycles. The van der Waals surface area contributed by atoms with Crippen LogP contribution in [0.5, 0.6) is 0 Å². The van der Waals surface area contributed by atoms with Gasteiger partial charge in [0.1, 0.15) is 11.5 Å². The Kier molecular flexibility index (Phi) is 6.79. The van der Waals surface area contributed by atoms with Gasteiger partial charge >= 0.3 is 0 Å². The Morgan fingerprint density at radius 3 is 2.44 bits per heavy atom.